The van der Waals surface area contributed by atoms with Gasteiger partial charge in [0.25, 0.3) is 5.91 Å². The molecule has 0 radical (unpaired) electrons. The zero-order chi connectivity index (χ0) is 17.8. The van der Waals surface area contributed by atoms with Gasteiger partial charge in [0.1, 0.15) is 11.5 Å². The van der Waals surface area contributed by atoms with Crippen LogP contribution in [0.15, 0.2) is 36.4 Å². The first-order chi connectivity index (χ1) is 12.1. The molecule has 0 aromatic heterocycles. The van der Waals surface area contributed by atoms with Gasteiger partial charge in [0.05, 0.1) is 14.2 Å². The fourth-order valence-electron chi connectivity index (χ4n) is 3.05. The Morgan fingerprint density at radius 1 is 1.00 bits per heavy atom. The van der Waals surface area contributed by atoms with Gasteiger partial charge in [-0.2, -0.15) is 0 Å². The van der Waals surface area contributed by atoms with Gasteiger partial charge in [-0.1, -0.05) is 6.07 Å². The summed E-state index contributed by atoms with van der Waals surface area (Å²) in [5.74, 6) is 0.998. The van der Waals surface area contributed by atoms with Crippen LogP contribution in [0.4, 0.5) is 11.4 Å². The van der Waals surface area contributed by atoms with Crippen LogP contribution in [-0.2, 0) is 0 Å². The predicted molar refractivity (Wildman–Crippen MR) is 100 cm³/mol. The Balaban J connectivity index is 1.84. The van der Waals surface area contributed by atoms with Crippen molar-refractivity contribution in [3.05, 3.63) is 47.5 Å². The van der Waals surface area contributed by atoms with E-state index in [9.17, 15) is 4.79 Å². The van der Waals surface area contributed by atoms with Crippen molar-refractivity contribution >= 4 is 17.3 Å². The van der Waals surface area contributed by atoms with E-state index in [2.05, 4.69) is 28.4 Å². The third-order valence-corrected chi connectivity index (χ3v) is 4.55. The Morgan fingerprint density at radius 3 is 2.24 bits per heavy atom. The maximum absolute atomic E-state index is 12.7. The lowest BCUT2D eigenvalue weighted by molar-refractivity contribution is 0.102. The highest BCUT2D eigenvalue weighted by atomic mass is 16.5. The summed E-state index contributed by atoms with van der Waals surface area (Å²) in [4.78, 5) is 15.1. The number of nitrogens with one attached hydrogen (secondary N) is 1. The van der Waals surface area contributed by atoms with E-state index in [0.29, 0.717) is 17.1 Å². The van der Waals surface area contributed by atoms with Crippen LogP contribution >= 0.6 is 0 Å². The summed E-state index contributed by atoms with van der Waals surface area (Å²) in [5, 5.41) is 3.02. The van der Waals surface area contributed by atoms with E-state index in [4.69, 9.17) is 9.47 Å². The van der Waals surface area contributed by atoms with Gasteiger partial charge < -0.3 is 19.7 Å². The van der Waals surface area contributed by atoms with E-state index < -0.39 is 0 Å². The van der Waals surface area contributed by atoms with Crippen LogP contribution in [-0.4, -0.2) is 33.2 Å². The molecule has 0 spiro atoms. The number of ether oxygens (including phenoxy) is 2. The average molecular weight is 340 g/mol. The monoisotopic (exact) mass is 340 g/mol. The van der Waals surface area contributed by atoms with Crippen LogP contribution in [0.3, 0.4) is 0 Å². The van der Waals surface area contributed by atoms with Gasteiger partial charge in [0.2, 0.25) is 0 Å². The highest BCUT2D eigenvalue weighted by molar-refractivity contribution is 6.05. The van der Waals surface area contributed by atoms with Gasteiger partial charge >= 0.3 is 0 Å². The molecule has 2 aromatic rings. The average Bonchev–Trinajstić information content (AvgIpc) is 3.17. The first-order valence-electron chi connectivity index (χ1n) is 8.51. The van der Waals surface area contributed by atoms with Crippen molar-refractivity contribution in [3.8, 4) is 11.5 Å². The molecule has 5 nitrogen and oxygen atoms in total. The Morgan fingerprint density at radius 2 is 1.64 bits per heavy atom. The molecule has 1 N–H and O–H groups in total. The lowest BCUT2D eigenvalue weighted by atomic mass is 10.1. The number of benzene rings is 2. The first-order valence-corrected chi connectivity index (χ1v) is 8.51. The molecule has 1 aliphatic heterocycles. The molecule has 3 rings (SSSR count). The minimum absolute atomic E-state index is 0.182. The van der Waals surface area contributed by atoms with Crippen molar-refractivity contribution < 1.29 is 14.3 Å². The SMILES string of the molecule is COc1cc(OC)cc(C(=O)Nc2cc(N3CCCC3)ccc2C)c1. The van der Waals surface area contributed by atoms with E-state index in [1.165, 1.54) is 12.8 Å². The van der Waals surface area contributed by atoms with Gasteiger partial charge in [0.15, 0.2) is 0 Å². The zero-order valence-corrected chi connectivity index (χ0v) is 15.0. The molecule has 0 saturated carbocycles. The number of carbonyl (C=O) groups is 1. The van der Waals surface area contributed by atoms with Crippen molar-refractivity contribution in [2.24, 2.45) is 0 Å². The van der Waals surface area contributed by atoms with Gasteiger partial charge in [-0.15, -0.1) is 0 Å². The molecule has 2 aromatic carbocycles. The summed E-state index contributed by atoms with van der Waals surface area (Å²) in [6, 6.07) is 11.4. The molecule has 1 saturated heterocycles. The lowest BCUT2D eigenvalue weighted by Gasteiger charge is -2.19. The van der Waals surface area contributed by atoms with Crippen LogP contribution in [0, 0.1) is 6.92 Å². The van der Waals surface area contributed by atoms with E-state index in [0.717, 1.165) is 30.0 Å². The molecule has 1 fully saturated rings. The molecule has 0 atom stereocenters. The number of amides is 1. The number of hydrogen-bond donors (Lipinski definition) is 1. The van der Waals surface area contributed by atoms with Gasteiger partial charge in [-0.3, -0.25) is 4.79 Å². The maximum Gasteiger partial charge on any atom is 0.255 e. The quantitative estimate of drug-likeness (QED) is 0.898. The second kappa shape index (κ2) is 7.47. The Hall–Kier alpha value is -2.69. The van der Waals surface area contributed by atoms with Crippen LogP contribution in [0.25, 0.3) is 0 Å². The smallest absolute Gasteiger partial charge is 0.255 e. The zero-order valence-electron chi connectivity index (χ0n) is 15.0. The summed E-state index contributed by atoms with van der Waals surface area (Å²) >= 11 is 0. The second-order valence-corrected chi connectivity index (χ2v) is 6.25. The van der Waals surface area contributed by atoms with E-state index in [1.807, 2.05) is 6.92 Å². The summed E-state index contributed by atoms with van der Waals surface area (Å²) in [6.07, 6.45) is 2.44. The molecule has 25 heavy (non-hydrogen) atoms. The van der Waals surface area contributed by atoms with Crippen LogP contribution in [0.1, 0.15) is 28.8 Å². The minimum Gasteiger partial charge on any atom is -0.497 e. The largest absolute Gasteiger partial charge is 0.497 e. The van der Waals surface area contributed by atoms with Crippen LogP contribution < -0.4 is 19.7 Å². The highest BCUT2D eigenvalue weighted by Gasteiger charge is 2.15. The number of carbonyl (C=O) groups excluding carboxylic acids is 1. The lowest BCUT2D eigenvalue weighted by Crippen LogP contribution is -2.18. The number of anilines is 2. The van der Waals surface area contributed by atoms with Crippen molar-refractivity contribution in [1.29, 1.82) is 0 Å². The first kappa shape index (κ1) is 17.1. The van der Waals surface area contributed by atoms with Gasteiger partial charge in [-0.25, -0.2) is 0 Å². The fourth-order valence-corrected chi connectivity index (χ4v) is 3.05. The molecule has 0 unspecified atom stereocenters. The maximum atomic E-state index is 12.7. The molecular formula is C20H24N2O3. The minimum atomic E-state index is -0.182. The van der Waals surface area contributed by atoms with Crippen molar-refractivity contribution in [2.45, 2.75) is 19.8 Å². The topological polar surface area (TPSA) is 50.8 Å². The molecular weight excluding hydrogens is 316 g/mol. The standard InChI is InChI=1S/C20H24N2O3/c1-14-6-7-16(22-8-4-5-9-22)12-19(14)21-20(23)15-10-17(24-2)13-18(11-15)25-3/h6-7,10-13H,4-5,8-9H2,1-3H3,(H,21,23). The normalized spacial score (nSPS) is 13.6. The van der Waals surface area contributed by atoms with Gasteiger partial charge in [0, 0.05) is 36.1 Å². The summed E-state index contributed by atoms with van der Waals surface area (Å²) in [7, 11) is 3.14. The summed E-state index contributed by atoms with van der Waals surface area (Å²) in [6.45, 7) is 4.14. The third kappa shape index (κ3) is 3.87. The van der Waals surface area contributed by atoms with E-state index in [1.54, 1.807) is 32.4 Å². The molecule has 1 aliphatic rings. The summed E-state index contributed by atoms with van der Waals surface area (Å²) in [5.41, 5.74) is 3.52. The molecule has 5 heteroatoms. The highest BCUT2D eigenvalue weighted by Crippen LogP contribution is 2.28. The van der Waals surface area contributed by atoms with Crippen molar-refractivity contribution in [3.63, 3.8) is 0 Å². The number of hydrogen-bond acceptors (Lipinski definition) is 4. The second-order valence-electron chi connectivity index (χ2n) is 6.25. The number of methoxy groups -OCH3 is 2. The Labute approximate surface area is 148 Å². The van der Waals surface area contributed by atoms with Crippen LogP contribution in [0.2, 0.25) is 0 Å². The van der Waals surface area contributed by atoms with Crippen molar-refractivity contribution in [1.82, 2.24) is 0 Å². The molecule has 0 bridgehead atoms. The number of nitrogens with zero attached hydrogens (tertiary/aromatic N) is 1. The molecule has 1 amide bonds. The number of rotatable bonds is 5. The van der Waals surface area contributed by atoms with Gasteiger partial charge in [-0.05, 0) is 49.6 Å². The molecule has 132 valence electrons. The Bertz CT molecular complexity index is 745. The fraction of sp³-hybridized carbons (Fsp3) is 0.350. The molecule has 1 heterocycles. The predicted octanol–water partition coefficient (Wildman–Crippen LogP) is 3.86. The molecule has 0 aliphatic carbocycles. The van der Waals surface area contributed by atoms with E-state index in [-0.39, 0.29) is 5.91 Å². The van der Waals surface area contributed by atoms with E-state index >= 15 is 0 Å². The summed E-state index contributed by atoms with van der Waals surface area (Å²) < 4.78 is 10.5. The third-order valence-electron chi connectivity index (χ3n) is 4.55. The van der Waals surface area contributed by atoms with Crippen LogP contribution in [0.5, 0.6) is 11.5 Å². The Kier molecular flexibility index (Phi) is 5.12. The van der Waals surface area contributed by atoms with Crippen molar-refractivity contribution in [2.75, 3.05) is 37.5 Å². The number of aryl methyl sites for hydroxylation is 1.